The number of azo groups is 1. The summed E-state index contributed by atoms with van der Waals surface area (Å²) in [6, 6.07) is 3.83. The van der Waals surface area contributed by atoms with Gasteiger partial charge in [-0.1, -0.05) is 6.08 Å². The third-order valence-electron chi connectivity index (χ3n) is 3.98. The molecule has 0 saturated carbocycles. The van der Waals surface area contributed by atoms with E-state index >= 15 is 0 Å². The van der Waals surface area contributed by atoms with Crippen molar-refractivity contribution in [2.24, 2.45) is 10.2 Å². The van der Waals surface area contributed by atoms with E-state index in [1.165, 1.54) is 37.5 Å². The maximum Gasteiger partial charge on any atom is 1.00 e. The number of methoxy groups -OCH3 is 1. The quantitative estimate of drug-likeness (QED) is 0.216. The van der Waals surface area contributed by atoms with Gasteiger partial charge in [0.15, 0.2) is 5.78 Å². The standard InChI is InChI=1S/C17H14N4O7S.Na/c1-28-15-7-10(21(23)24)3-5-13(15)19-20-17-12(18)4-2-9-6-11(29(25,26)27)8-14(22)16(9)17;/h2-8,18,23H,1H3,(H2,25,26,27);/q;+1. The maximum atomic E-state index is 12.4. The summed E-state index contributed by atoms with van der Waals surface area (Å²) in [5.41, 5.74) is 0.00490. The summed E-state index contributed by atoms with van der Waals surface area (Å²) < 4.78 is 35.1. The maximum absolute atomic E-state index is 12.4. The third kappa shape index (κ3) is 4.88. The second kappa shape index (κ2) is 9.24. The molecule has 1 aromatic rings. The molecule has 2 aliphatic rings. The van der Waals surface area contributed by atoms with Crippen LogP contribution in [0.4, 0.5) is 11.4 Å². The Morgan fingerprint density at radius 1 is 1.20 bits per heavy atom. The minimum atomic E-state index is -4.33. The Bertz CT molecular complexity index is 1120. The van der Waals surface area contributed by atoms with E-state index in [2.05, 4.69) is 10.2 Å². The van der Waals surface area contributed by atoms with Crippen molar-refractivity contribution in [1.82, 2.24) is 0 Å². The van der Waals surface area contributed by atoms with Crippen molar-refractivity contribution < 1.29 is 57.6 Å². The van der Waals surface area contributed by atoms with Crippen LogP contribution in [-0.4, -0.2) is 32.9 Å². The zero-order valence-electron chi connectivity index (χ0n) is 15.8. The zero-order chi connectivity index (χ0) is 21.3. The molecule has 4 N–H and O–H groups in total. The smallest absolute Gasteiger partial charge is 0.733 e. The van der Waals surface area contributed by atoms with Gasteiger partial charge < -0.3 is 15.2 Å². The number of anilines is 1. The van der Waals surface area contributed by atoms with Crippen LogP contribution in [0, 0.1) is 10.6 Å². The number of rotatable bonds is 5. The van der Waals surface area contributed by atoms with Crippen LogP contribution in [-0.2, 0) is 19.5 Å². The number of ketones is 1. The number of benzene rings is 1. The topological polar surface area (TPSA) is 179 Å². The molecule has 0 amide bonds. The van der Waals surface area contributed by atoms with E-state index < -0.39 is 21.2 Å². The number of fused-ring (bicyclic) bond motifs is 1. The summed E-state index contributed by atoms with van der Waals surface area (Å²) in [6.07, 6.45) is 4.64. The molecule has 0 spiro atoms. The van der Waals surface area contributed by atoms with Gasteiger partial charge >= 0.3 is 40.1 Å². The van der Waals surface area contributed by atoms with Crippen molar-refractivity contribution >= 4 is 33.4 Å². The van der Waals surface area contributed by atoms with E-state index in [1.807, 2.05) is 0 Å². The number of hydrogen-bond donors (Lipinski definition) is 4. The molecule has 11 nitrogen and oxygen atoms in total. The normalized spacial score (nSPS) is 16.2. The first-order valence-electron chi connectivity index (χ1n) is 7.86. The van der Waals surface area contributed by atoms with Gasteiger partial charge in [0.1, 0.15) is 17.1 Å². The Balaban J connectivity index is 0.00000320. The van der Waals surface area contributed by atoms with E-state index in [0.717, 1.165) is 12.2 Å². The molecule has 0 unspecified atom stereocenters. The zero-order valence-corrected chi connectivity index (χ0v) is 18.6. The van der Waals surface area contributed by atoms with Gasteiger partial charge in [0, 0.05) is 18.2 Å². The van der Waals surface area contributed by atoms with Crippen molar-refractivity contribution in [2.45, 2.75) is 0 Å². The first-order chi connectivity index (χ1) is 13.6. The van der Waals surface area contributed by atoms with Crippen molar-refractivity contribution in [3.05, 3.63) is 69.5 Å². The molecule has 1 aromatic carbocycles. The number of ether oxygens (including phenoxy) is 1. The summed E-state index contributed by atoms with van der Waals surface area (Å²) in [5, 5.41) is 35.5. The number of carbonyl (C=O) groups is 1. The Labute approximate surface area is 193 Å². The minimum absolute atomic E-state index is 0. The van der Waals surface area contributed by atoms with Gasteiger partial charge in [-0.05, 0) is 28.0 Å². The predicted octanol–water partition coefficient (Wildman–Crippen LogP) is 0.158. The number of nitrogens with zero attached hydrogens (tertiary/aromatic N) is 3. The molecule has 13 heteroatoms. The first kappa shape index (κ1) is 24.0. The molecule has 0 fully saturated rings. The molecule has 0 radical (unpaired) electrons. The molecule has 0 heterocycles. The van der Waals surface area contributed by atoms with Gasteiger partial charge in [-0.2, -0.15) is 9.11 Å². The monoisotopic (exact) mass is 441 g/mol. The van der Waals surface area contributed by atoms with E-state index in [4.69, 9.17) is 15.4 Å². The summed E-state index contributed by atoms with van der Waals surface area (Å²) in [6.45, 7) is 0. The summed E-state index contributed by atoms with van der Waals surface area (Å²) in [4.78, 5) is 12.0. The van der Waals surface area contributed by atoms with Gasteiger partial charge in [-0.3, -0.25) is 15.4 Å². The van der Waals surface area contributed by atoms with Crippen LogP contribution >= 0.6 is 0 Å². The van der Waals surface area contributed by atoms with Gasteiger partial charge in [-0.25, -0.2) is 0 Å². The third-order valence-corrected chi connectivity index (χ3v) is 4.83. The average molecular weight is 441 g/mol. The largest absolute Gasteiger partial charge is 1.00 e. The van der Waals surface area contributed by atoms with E-state index in [0.29, 0.717) is 0 Å². The van der Waals surface area contributed by atoms with Gasteiger partial charge in [0.25, 0.3) is 0 Å². The molecular weight excluding hydrogens is 427 g/mol. The fourth-order valence-electron chi connectivity index (χ4n) is 2.61. The van der Waals surface area contributed by atoms with Crippen LogP contribution in [0.25, 0.3) is 0 Å². The average Bonchev–Trinajstić information content (AvgIpc) is 2.66. The predicted molar refractivity (Wildman–Crippen MR) is 104 cm³/mol. The summed E-state index contributed by atoms with van der Waals surface area (Å²) in [7, 11) is -3.02. The Kier molecular flexibility index (Phi) is 7.39. The molecule has 2 aliphatic carbocycles. The number of nitrogens with one attached hydrogen (secondary N) is 1. The minimum Gasteiger partial charge on any atom is -0.733 e. The van der Waals surface area contributed by atoms with Crippen molar-refractivity contribution in [2.75, 3.05) is 12.3 Å². The van der Waals surface area contributed by atoms with Crippen LogP contribution in [0.1, 0.15) is 0 Å². The molecule has 0 atom stereocenters. The second-order valence-electron chi connectivity index (χ2n) is 5.81. The molecule has 0 aliphatic heterocycles. The molecule has 3 rings (SSSR count). The molecule has 0 aromatic heterocycles. The van der Waals surface area contributed by atoms with Gasteiger partial charge in [0.05, 0.1) is 24.1 Å². The van der Waals surface area contributed by atoms with Crippen LogP contribution in [0.2, 0.25) is 0 Å². The van der Waals surface area contributed by atoms with E-state index in [1.54, 1.807) is 0 Å². The Hall–Kier alpha value is -2.29. The second-order valence-corrected chi connectivity index (χ2v) is 7.27. The summed E-state index contributed by atoms with van der Waals surface area (Å²) in [5.74, 6) is -0.612. The SMILES string of the molecule is COc1cc(N([O-])O)ccc1N=NC1=C2C(=O)C=C([S+](=O)(O)O)C=C2C=CC1=N.[Na+]. The Morgan fingerprint density at radius 2 is 1.90 bits per heavy atom. The van der Waals surface area contributed by atoms with Crippen molar-refractivity contribution in [3.63, 3.8) is 0 Å². The van der Waals surface area contributed by atoms with Gasteiger partial charge in [0.2, 0.25) is 4.91 Å². The molecule has 0 saturated heterocycles. The van der Waals surface area contributed by atoms with Crippen molar-refractivity contribution in [3.8, 4) is 5.75 Å². The van der Waals surface area contributed by atoms with Crippen LogP contribution < -0.4 is 39.5 Å². The summed E-state index contributed by atoms with van der Waals surface area (Å²) >= 11 is 0. The number of allylic oxidation sites excluding steroid dienone is 6. The van der Waals surface area contributed by atoms with Crippen LogP contribution in [0.5, 0.6) is 5.75 Å². The fourth-order valence-corrected chi connectivity index (χ4v) is 3.15. The van der Waals surface area contributed by atoms with Crippen LogP contribution in [0.15, 0.2) is 74.5 Å². The first-order valence-corrected chi connectivity index (χ1v) is 9.33. The molecule has 0 bridgehead atoms. The number of hydrogen-bond acceptors (Lipinski definition) is 9. The van der Waals surface area contributed by atoms with E-state index in [-0.39, 0.29) is 74.5 Å². The van der Waals surface area contributed by atoms with Crippen LogP contribution in [0.3, 0.4) is 0 Å². The molecule has 150 valence electrons. The molecular formula is C17H14N4NaO7S+. The van der Waals surface area contributed by atoms with Crippen molar-refractivity contribution in [1.29, 1.82) is 5.41 Å². The van der Waals surface area contributed by atoms with Gasteiger partial charge in [-0.15, -0.1) is 10.2 Å². The fraction of sp³-hybridized carbons (Fsp3) is 0.0588. The molecule has 30 heavy (non-hydrogen) atoms. The van der Waals surface area contributed by atoms with E-state index in [9.17, 15) is 23.3 Å². The number of carbonyl (C=O) groups excluding carboxylic acids is 1. The Morgan fingerprint density at radius 3 is 2.50 bits per heavy atom.